The zero-order chi connectivity index (χ0) is 12.4. The maximum Gasteiger partial charge on any atom is 0.120 e. The Morgan fingerprint density at radius 1 is 0.944 bits per heavy atom. The molecule has 3 rings (SSSR count). The lowest BCUT2D eigenvalue weighted by atomic mass is 10.1. The summed E-state index contributed by atoms with van der Waals surface area (Å²) in [5.41, 5.74) is 4.17. The van der Waals surface area contributed by atoms with Gasteiger partial charge in [0.15, 0.2) is 0 Å². The fourth-order valence-corrected chi connectivity index (χ4v) is 2.42. The summed E-state index contributed by atoms with van der Waals surface area (Å²) in [5.74, 6) is 1.05. The van der Waals surface area contributed by atoms with Gasteiger partial charge < -0.3 is 9.84 Å². The smallest absolute Gasteiger partial charge is 0.120 e. The molecule has 0 aliphatic heterocycles. The first-order valence-electron chi connectivity index (χ1n) is 6.34. The number of aromatic hydroxyl groups is 1. The van der Waals surface area contributed by atoms with Crippen LogP contribution < -0.4 is 4.74 Å². The lowest BCUT2D eigenvalue weighted by molar-refractivity contribution is 0.305. The normalized spacial score (nSPS) is 13.3. The zero-order valence-electron chi connectivity index (χ0n) is 10.2. The van der Waals surface area contributed by atoms with E-state index in [0.717, 1.165) is 5.75 Å². The summed E-state index contributed by atoms with van der Waals surface area (Å²) in [6, 6.07) is 13.5. The van der Waals surface area contributed by atoms with Crippen LogP contribution in [0.4, 0.5) is 0 Å². The van der Waals surface area contributed by atoms with Crippen molar-refractivity contribution in [3.63, 3.8) is 0 Å². The highest BCUT2D eigenvalue weighted by molar-refractivity contribution is 5.35. The predicted octanol–water partition coefficient (Wildman–Crippen LogP) is 3.46. The van der Waals surface area contributed by atoms with Gasteiger partial charge in [0.1, 0.15) is 18.1 Å². The van der Waals surface area contributed by atoms with Crippen LogP contribution in [0.15, 0.2) is 42.5 Å². The van der Waals surface area contributed by atoms with Crippen LogP contribution in [0.3, 0.4) is 0 Å². The Labute approximate surface area is 107 Å². The minimum absolute atomic E-state index is 0.264. The maximum absolute atomic E-state index is 9.19. The van der Waals surface area contributed by atoms with E-state index in [9.17, 15) is 5.11 Å². The van der Waals surface area contributed by atoms with E-state index in [1.807, 2.05) is 0 Å². The van der Waals surface area contributed by atoms with Crippen molar-refractivity contribution in [2.75, 3.05) is 0 Å². The third-order valence-corrected chi connectivity index (χ3v) is 3.41. The van der Waals surface area contributed by atoms with Gasteiger partial charge in [0.2, 0.25) is 0 Å². The molecular weight excluding hydrogens is 224 g/mol. The number of fused-ring (bicyclic) bond motifs is 1. The second-order valence-corrected chi connectivity index (χ2v) is 4.74. The molecule has 1 N–H and O–H groups in total. The van der Waals surface area contributed by atoms with Crippen molar-refractivity contribution < 1.29 is 9.84 Å². The average Bonchev–Trinajstić information content (AvgIpc) is 2.85. The summed E-state index contributed by atoms with van der Waals surface area (Å²) in [5, 5.41) is 9.19. The highest BCUT2D eigenvalue weighted by Gasteiger charge is 2.10. The molecule has 18 heavy (non-hydrogen) atoms. The Hall–Kier alpha value is -1.96. The molecule has 0 radical (unpaired) electrons. The Balaban J connectivity index is 1.68. The minimum atomic E-state index is 0.264. The largest absolute Gasteiger partial charge is 0.508 e. The van der Waals surface area contributed by atoms with E-state index in [1.165, 1.54) is 36.0 Å². The molecule has 0 amide bonds. The number of phenolic OH excluding ortho intramolecular Hbond substituents is 1. The van der Waals surface area contributed by atoms with Gasteiger partial charge in [-0.15, -0.1) is 0 Å². The molecule has 0 unspecified atom stereocenters. The molecule has 0 atom stereocenters. The van der Waals surface area contributed by atoms with Gasteiger partial charge in [-0.2, -0.15) is 0 Å². The van der Waals surface area contributed by atoms with Crippen LogP contribution in [0.2, 0.25) is 0 Å². The molecule has 1 aliphatic rings. The van der Waals surface area contributed by atoms with Gasteiger partial charge in [0.25, 0.3) is 0 Å². The molecule has 2 nitrogen and oxygen atoms in total. The van der Waals surface area contributed by atoms with Gasteiger partial charge in [-0.1, -0.05) is 18.2 Å². The standard InChI is InChI=1S/C16H16O2/c17-15-6-8-16(9-7-15)18-11-12-4-5-13-2-1-3-14(13)10-12/h4-10,17H,1-3,11H2. The molecule has 0 saturated heterocycles. The summed E-state index contributed by atoms with van der Waals surface area (Å²) in [4.78, 5) is 0. The van der Waals surface area contributed by atoms with Crippen molar-refractivity contribution in [1.82, 2.24) is 0 Å². The van der Waals surface area contributed by atoms with Crippen LogP contribution in [0.5, 0.6) is 11.5 Å². The van der Waals surface area contributed by atoms with Crippen LogP contribution in [-0.2, 0) is 19.4 Å². The second kappa shape index (κ2) is 4.73. The third kappa shape index (κ3) is 2.33. The van der Waals surface area contributed by atoms with E-state index < -0.39 is 0 Å². The monoisotopic (exact) mass is 240 g/mol. The number of aryl methyl sites for hydroxylation is 2. The highest BCUT2D eigenvalue weighted by Crippen LogP contribution is 2.24. The summed E-state index contributed by atoms with van der Waals surface area (Å²) in [6.45, 7) is 0.581. The third-order valence-electron chi connectivity index (χ3n) is 3.41. The average molecular weight is 240 g/mol. The topological polar surface area (TPSA) is 29.5 Å². The maximum atomic E-state index is 9.19. The summed E-state index contributed by atoms with van der Waals surface area (Å²) >= 11 is 0. The number of rotatable bonds is 3. The Morgan fingerprint density at radius 2 is 1.72 bits per heavy atom. The first-order valence-corrected chi connectivity index (χ1v) is 6.34. The van der Waals surface area contributed by atoms with Crippen LogP contribution in [0, 0.1) is 0 Å². The number of ether oxygens (including phenoxy) is 1. The fourth-order valence-electron chi connectivity index (χ4n) is 2.42. The molecule has 2 aromatic rings. The molecule has 2 heteroatoms. The van der Waals surface area contributed by atoms with Crippen LogP contribution in [-0.4, -0.2) is 5.11 Å². The van der Waals surface area contributed by atoms with Crippen LogP contribution in [0.1, 0.15) is 23.1 Å². The van der Waals surface area contributed by atoms with Gasteiger partial charge >= 0.3 is 0 Å². The molecule has 0 aromatic heterocycles. The Morgan fingerprint density at radius 3 is 2.56 bits per heavy atom. The Bertz CT molecular complexity index is 544. The number of phenols is 1. The van der Waals surface area contributed by atoms with Gasteiger partial charge in [-0.05, 0) is 60.2 Å². The van der Waals surface area contributed by atoms with Crippen molar-refractivity contribution in [2.24, 2.45) is 0 Å². The van der Waals surface area contributed by atoms with Crippen molar-refractivity contribution in [1.29, 1.82) is 0 Å². The van der Waals surface area contributed by atoms with Crippen molar-refractivity contribution in [3.8, 4) is 11.5 Å². The summed E-state index contributed by atoms with van der Waals surface area (Å²) < 4.78 is 5.70. The lowest BCUT2D eigenvalue weighted by Crippen LogP contribution is -1.96. The molecule has 92 valence electrons. The minimum Gasteiger partial charge on any atom is -0.508 e. The molecule has 0 heterocycles. The zero-order valence-corrected chi connectivity index (χ0v) is 10.2. The first kappa shape index (κ1) is 11.1. The second-order valence-electron chi connectivity index (χ2n) is 4.74. The lowest BCUT2D eigenvalue weighted by Gasteiger charge is -2.08. The molecule has 0 saturated carbocycles. The number of benzene rings is 2. The summed E-state index contributed by atoms with van der Waals surface area (Å²) in [6.07, 6.45) is 3.69. The van der Waals surface area contributed by atoms with E-state index in [-0.39, 0.29) is 5.75 Å². The van der Waals surface area contributed by atoms with Gasteiger partial charge in [0.05, 0.1) is 0 Å². The van der Waals surface area contributed by atoms with Gasteiger partial charge in [-0.25, -0.2) is 0 Å². The van der Waals surface area contributed by atoms with Crippen LogP contribution >= 0.6 is 0 Å². The SMILES string of the molecule is Oc1ccc(OCc2ccc3c(c2)CCC3)cc1. The van der Waals surface area contributed by atoms with E-state index in [4.69, 9.17) is 4.74 Å². The van der Waals surface area contributed by atoms with E-state index in [0.29, 0.717) is 6.61 Å². The number of hydrogen-bond acceptors (Lipinski definition) is 2. The van der Waals surface area contributed by atoms with Crippen molar-refractivity contribution in [3.05, 3.63) is 59.2 Å². The van der Waals surface area contributed by atoms with Crippen molar-refractivity contribution >= 4 is 0 Å². The highest BCUT2D eigenvalue weighted by atomic mass is 16.5. The Kier molecular flexibility index (Phi) is 2.93. The van der Waals surface area contributed by atoms with Crippen molar-refractivity contribution in [2.45, 2.75) is 25.9 Å². The molecular formula is C16H16O2. The quantitative estimate of drug-likeness (QED) is 0.890. The molecule has 0 bridgehead atoms. The first-order chi connectivity index (χ1) is 8.81. The van der Waals surface area contributed by atoms with Gasteiger partial charge in [-0.3, -0.25) is 0 Å². The van der Waals surface area contributed by atoms with E-state index >= 15 is 0 Å². The molecule has 0 fully saturated rings. The number of hydrogen-bond donors (Lipinski definition) is 1. The van der Waals surface area contributed by atoms with E-state index in [1.54, 1.807) is 24.3 Å². The molecule has 0 spiro atoms. The molecule has 2 aromatic carbocycles. The van der Waals surface area contributed by atoms with E-state index in [2.05, 4.69) is 18.2 Å². The summed E-state index contributed by atoms with van der Waals surface area (Å²) in [7, 11) is 0. The van der Waals surface area contributed by atoms with Gasteiger partial charge in [0, 0.05) is 0 Å². The molecule has 1 aliphatic carbocycles. The fraction of sp³-hybridized carbons (Fsp3) is 0.250. The van der Waals surface area contributed by atoms with Crippen LogP contribution in [0.25, 0.3) is 0 Å². The predicted molar refractivity (Wildman–Crippen MR) is 70.9 cm³/mol.